The highest BCUT2D eigenvalue weighted by Crippen LogP contribution is 2.36. The molecule has 1 fully saturated rings. The van der Waals surface area contributed by atoms with Crippen LogP contribution in [0.3, 0.4) is 0 Å². The van der Waals surface area contributed by atoms with Crippen LogP contribution in [0.15, 0.2) is 60.7 Å². The van der Waals surface area contributed by atoms with Crippen molar-refractivity contribution in [3.05, 3.63) is 77.4 Å². The fourth-order valence-electron chi connectivity index (χ4n) is 4.26. The van der Waals surface area contributed by atoms with E-state index in [1.54, 1.807) is 0 Å². The highest BCUT2D eigenvalue weighted by atomic mass is 16.5. The lowest BCUT2D eigenvalue weighted by Gasteiger charge is -2.33. The molecule has 4 rings (SSSR count). The van der Waals surface area contributed by atoms with Gasteiger partial charge in [-0.3, -0.25) is 0 Å². The molecule has 4 nitrogen and oxygen atoms in total. The Morgan fingerprint density at radius 2 is 1.72 bits per heavy atom. The molecule has 29 heavy (non-hydrogen) atoms. The standard InChI is InChI=1S/C25H29NO3/c1-2-26-24-9-8-17(10-18-11-19-6-4-3-5-7-20(19)12-18)13-23(24)25-15-21(28)14-22(16-27)29-25/h3-9,11-13,21-22,25-28H,2,10,14-16H2,1H3. The summed E-state index contributed by atoms with van der Waals surface area (Å²) in [5.74, 6) is 0. The summed E-state index contributed by atoms with van der Waals surface area (Å²) in [6.45, 7) is 2.82. The minimum Gasteiger partial charge on any atom is -0.394 e. The summed E-state index contributed by atoms with van der Waals surface area (Å²) in [5.41, 5.74) is 7.09. The first-order valence-electron chi connectivity index (χ1n) is 10.4. The minimum absolute atomic E-state index is 0.0681. The average molecular weight is 392 g/mol. The SMILES string of the molecule is CCNc1ccc(Cc2cc3cccccc-3c2)cc1C1CC(O)CC(CO)O1. The molecule has 3 aliphatic rings. The normalized spacial score (nSPS) is 22.0. The zero-order chi connectivity index (χ0) is 20.2. The number of ether oxygens (including phenoxy) is 1. The molecule has 0 amide bonds. The first-order chi connectivity index (χ1) is 14.2. The van der Waals surface area contributed by atoms with E-state index < -0.39 is 6.10 Å². The topological polar surface area (TPSA) is 61.7 Å². The van der Waals surface area contributed by atoms with Crippen molar-refractivity contribution >= 4 is 5.69 Å². The largest absolute Gasteiger partial charge is 0.394 e. The molecular formula is C25H29NO3. The van der Waals surface area contributed by atoms with Crippen LogP contribution in [0.2, 0.25) is 0 Å². The lowest BCUT2D eigenvalue weighted by Crippen LogP contribution is -2.33. The van der Waals surface area contributed by atoms with Crippen molar-refractivity contribution in [3.8, 4) is 11.1 Å². The second-order valence-electron chi connectivity index (χ2n) is 7.87. The maximum atomic E-state index is 10.3. The molecule has 3 atom stereocenters. The summed E-state index contributed by atoms with van der Waals surface area (Å²) in [5, 5.41) is 23.2. The maximum Gasteiger partial charge on any atom is 0.0874 e. The van der Waals surface area contributed by atoms with Crippen LogP contribution in [-0.4, -0.2) is 35.6 Å². The predicted octanol–water partition coefficient (Wildman–Crippen LogP) is 4.39. The van der Waals surface area contributed by atoms with E-state index in [0.29, 0.717) is 12.8 Å². The highest BCUT2D eigenvalue weighted by Gasteiger charge is 2.30. The number of benzene rings is 1. The van der Waals surface area contributed by atoms with Crippen molar-refractivity contribution in [2.45, 2.75) is 44.5 Å². The molecule has 3 unspecified atom stereocenters. The Balaban J connectivity index is 1.63. The summed E-state index contributed by atoms with van der Waals surface area (Å²) >= 11 is 0. The van der Waals surface area contributed by atoms with Gasteiger partial charge in [-0.15, -0.1) is 0 Å². The lowest BCUT2D eigenvalue weighted by molar-refractivity contribution is -0.113. The third-order valence-electron chi connectivity index (χ3n) is 5.61. The monoisotopic (exact) mass is 391 g/mol. The molecule has 0 radical (unpaired) electrons. The van der Waals surface area contributed by atoms with Crippen LogP contribution in [0.25, 0.3) is 11.1 Å². The van der Waals surface area contributed by atoms with Gasteiger partial charge in [0, 0.05) is 30.6 Å². The molecule has 1 aromatic carbocycles. The Bertz CT molecular complexity index is 895. The summed E-state index contributed by atoms with van der Waals surface area (Å²) in [4.78, 5) is 0. The predicted molar refractivity (Wildman–Crippen MR) is 116 cm³/mol. The van der Waals surface area contributed by atoms with Crippen LogP contribution in [0.4, 0.5) is 5.69 Å². The van der Waals surface area contributed by atoms with E-state index in [9.17, 15) is 10.2 Å². The number of anilines is 1. The molecular weight excluding hydrogens is 362 g/mol. The van der Waals surface area contributed by atoms with Gasteiger partial charge in [0.25, 0.3) is 0 Å². The average Bonchev–Trinajstić information content (AvgIpc) is 2.96. The van der Waals surface area contributed by atoms with E-state index in [4.69, 9.17) is 4.74 Å². The Labute approximate surface area is 172 Å². The molecule has 1 heterocycles. The molecule has 2 aliphatic carbocycles. The second kappa shape index (κ2) is 8.95. The van der Waals surface area contributed by atoms with Crippen molar-refractivity contribution in [1.82, 2.24) is 0 Å². The minimum atomic E-state index is -0.454. The first-order valence-corrected chi connectivity index (χ1v) is 10.4. The number of aliphatic hydroxyl groups excluding tert-OH is 2. The number of aliphatic hydroxyl groups is 2. The molecule has 4 heteroatoms. The van der Waals surface area contributed by atoms with Crippen LogP contribution in [-0.2, 0) is 11.2 Å². The molecule has 152 valence electrons. The van der Waals surface area contributed by atoms with Crippen LogP contribution >= 0.6 is 0 Å². The zero-order valence-corrected chi connectivity index (χ0v) is 16.8. The summed E-state index contributed by atoms with van der Waals surface area (Å²) < 4.78 is 6.09. The van der Waals surface area contributed by atoms with Crippen molar-refractivity contribution in [2.24, 2.45) is 0 Å². The van der Waals surface area contributed by atoms with E-state index in [2.05, 4.69) is 66.8 Å². The number of nitrogens with one attached hydrogen (secondary N) is 1. The Morgan fingerprint density at radius 1 is 0.966 bits per heavy atom. The molecule has 0 saturated carbocycles. The Hall–Kier alpha value is -2.40. The van der Waals surface area contributed by atoms with E-state index in [1.165, 1.54) is 22.3 Å². The zero-order valence-electron chi connectivity index (χ0n) is 16.8. The number of hydrogen-bond acceptors (Lipinski definition) is 4. The van der Waals surface area contributed by atoms with E-state index in [0.717, 1.165) is 24.2 Å². The third-order valence-corrected chi connectivity index (χ3v) is 5.61. The number of hydrogen-bond donors (Lipinski definition) is 3. The van der Waals surface area contributed by atoms with Gasteiger partial charge in [-0.1, -0.05) is 54.6 Å². The van der Waals surface area contributed by atoms with Gasteiger partial charge in [-0.2, -0.15) is 0 Å². The Kier molecular flexibility index (Phi) is 6.14. The van der Waals surface area contributed by atoms with E-state index >= 15 is 0 Å². The number of fused-ring (bicyclic) bond motifs is 1. The third kappa shape index (κ3) is 4.61. The van der Waals surface area contributed by atoms with Gasteiger partial charge >= 0.3 is 0 Å². The molecule has 0 bridgehead atoms. The van der Waals surface area contributed by atoms with Gasteiger partial charge in [0.2, 0.25) is 0 Å². The summed E-state index contributed by atoms with van der Waals surface area (Å²) in [6.07, 6.45) is 0.891. The van der Waals surface area contributed by atoms with Crippen LogP contribution < -0.4 is 5.32 Å². The van der Waals surface area contributed by atoms with Gasteiger partial charge < -0.3 is 20.3 Å². The van der Waals surface area contributed by atoms with Crippen LogP contribution in [0.1, 0.15) is 42.6 Å². The highest BCUT2D eigenvalue weighted by molar-refractivity contribution is 5.68. The summed E-state index contributed by atoms with van der Waals surface area (Å²) in [6, 6.07) is 21.4. The fraction of sp³-hybridized carbons (Fsp3) is 0.360. The second-order valence-corrected chi connectivity index (χ2v) is 7.87. The fourth-order valence-corrected chi connectivity index (χ4v) is 4.26. The van der Waals surface area contributed by atoms with E-state index in [-0.39, 0.29) is 18.8 Å². The maximum absolute atomic E-state index is 10.3. The molecule has 0 spiro atoms. The summed E-state index contributed by atoms with van der Waals surface area (Å²) in [7, 11) is 0. The smallest absolute Gasteiger partial charge is 0.0874 e. The van der Waals surface area contributed by atoms with Crippen molar-refractivity contribution in [3.63, 3.8) is 0 Å². The van der Waals surface area contributed by atoms with E-state index in [1.807, 2.05) is 6.07 Å². The van der Waals surface area contributed by atoms with Gasteiger partial charge in [0.05, 0.1) is 24.9 Å². The molecule has 3 N–H and O–H groups in total. The van der Waals surface area contributed by atoms with Crippen molar-refractivity contribution in [2.75, 3.05) is 18.5 Å². The molecule has 0 aromatic heterocycles. The van der Waals surface area contributed by atoms with Crippen molar-refractivity contribution in [1.29, 1.82) is 0 Å². The molecule has 1 aliphatic heterocycles. The van der Waals surface area contributed by atoms with Crippen LogP contribution in [0.5, 0.6) is 0 Å². The van der Waals surface area contributed by atoms with Gasteiger partial charge in [-0.05, 0) is 41.7 Å². The van der Waals surface area contributed by atoms with Gasteiger partial charge in [0.1, 0.15) is 0 Å². The lowest BCUT2D eigenvalue weighted by atomic mass is 9.93. The molecule has 1 saturated heterocycles. The quantitative estimate of drug-likeness (QED) is 0.583. The van der Waals surface area contributed by atoms with Crippen molar-refractivity contribution < 1.29 is 14.9 Å². The Morgan fingerprint density at radius 3 is 2.41 bits per heavy atom. The van der Waals surface area contributed by atoms with Gasteiger partial charge in [-0.25, -0.2) is 0 Å². The van der Waals surface area contributed by atoms with Gasteiger partial charge in [0.15, 0.2) is 0 Å². The molecule has 1 aromatic rings. The first kappa shape index (κ1) is 19.9. The number of rotatable bonds is 6. The van der Waals surface area contributed by atoms with Crippen LogP contribution in [0, 0.1) is 0 Å².